The Balaban J connectivity index is 1.86. The van der Waals surface area contributed by atoms with Gasteiger partial charge in [-0.05, 0) is 35.7 Å². The van der Waals surface area contributed by atoms with Crippen molar-refractivity contribution in [2.75, 3.05) is 26.7 Å². The lowest BCUT2D eigenvalue weighted by molar-refractivity contribution is 0.0634. The second-order valence-corrected chi connectivity index (χ2v) is 6.05. The van der Waals surface area contributed by atoms with E-state index in [9.17, 15) is 4.79 Å². The van der Waals surface area contributed by atoms with Crippen LogP contribution in [0, 0.1) is 0 Å². The summed E-state index contributed by atoms with van der Waals surface area (Å²) in [6.45, 7) is 4.45. The van der Waals surface area contributed by atoms with Gasteiger partial charge < -0.3 is 15.0 Å². The molecule has 1 aliphatic rings. The predicted octanol–water partition coefficient (Wildman–Crippen LogP) is 3.04. The van der Waals surface area contributed by atoms with Crippen LogP contribution in [0.1, 0.15) is 34.5 Å². The number of carbonyl (C=O) groups is 1. The fourth-order valence-electron chi connectivity index (χ4n) is 3.14. The molecule has 0 saturated carbocycles. The van der Waals surface area contributed by atoms with Gasteiger partial charge in [0.15, 0.2) is 0 Å². The molecule has 3 rings (SSSR count). The van der Waals surface area contributed by atoms with E-state index in [1.165, 1.54) is 11.1 Å². The Morgan fingerprint density at radius 1 is 1.25 bits per heavy atom. The number of ether oxygens (including phenoxy) is 1. The summed E-state index contributed by atoms with van der Waals surface area (Å²) >= 11 is 0. The SMILES string of the molecule is CCc1ccc(C2CNCCN2C(=O)c2cccc(OC)c2)cc1. The normalized spacial score (nSPS) is 17.6. The fraction of sp³-hybridized carbons (Fsp3) is 0.350. The monoisotopic (exact) mass is 324 g/mol. The van der Waals surface area contributed by atoms with Crippen LogP contribution in [-0.4, -0.2) is 37.6 Å². The van der Waals surface area contributed by atoms with Crippen molar-refractivity contribution in [3.8, 4) is 5.75 Å². The van der Waals surface area contributed by atoms with Crippen LogP contribution in [-0.2, 0) is 6.42 Å². The Labute approximate surface area is 143 Å². The molecule has 1 N–H and O–H groups in total. The van der Waals surface area contributed by atoms with Gasteiger partial charge in [-0.3, -0.25) is 4.79 Å². The Bertz CT molecular complexity index is 697. The molecule has 2 aromatic carbocycles. The van der Waals surface area contributed by atoms with Crippen molar-refractivity contribution in [1.29, 1.82) is 0 Å². The van der Waals surface area contributed by atoms with Crippen LogP contribution < -0.4 is 10.1 Å². The highest BCUT2D eigenvalue weighted by molar-refractivity contribution is 5.95. The van der Waals surface area contributed by atoms with E-state index in [2.05, 4.69) is 36.5 Å². The Kier molecular flexibility index (Phi) is 5.16. The summed E-state index contributed by atoms with van der Waals surface area (Å²) in [6, 6.07) is 16.0. The van der Waals surface area contributed by atoms with E-state index in [-0.39, 0.29) is 11.9 Å². The van der Waals surface area contributed by atoms with Gasteiger partial charge in [-0.25, -0.2) is 0 Å². The average Bonchev–Trinajstić information content (AvgIpc) is 2.67. The molecule has 1 aliphatic heterocycles. The summed E-state index contributed by atoms with van der Waals surface area (Å²) in [4.78, 5) is 15.0. The summed E-state index contributed by atoms with van der Waals surface area (Å²) in [5.74, 6) is 0.764. The maximum atomic E-state index is 13.0. The van der Waals surface area contributed by atoms with Gasteiger partial charge in [0.1, 0.15) is 5.75 Å². The quantitative estimate of drug-likeness (QED) is 0.940. The number of piperazine rings is 1. The van der Waals surface area contributed by atoms with Crippen LogP contribution in [0.2, 0.25) is 0 Å². The van der Waals surface area contributed by atoms with Crippen molar-refractivity contribution in [2.24, 2.45) is 0 Å². The van der Waals surface area contributed by atoms with Gasteiger partial charge in [-0.2, -0.15) is 0 Å². The second-order valence-electron chi connectivity index (χ2n) is 6.05. The predicted molar refractivity (Wildman–Crippen MR) is 95.5 cm³/mol. The lowest BCUT2D eigenvalue weighted by Crippen LogP contribution is -2.48. The van der Waals surface area contributed by atoms with Crippen LogP contribution in [0.4, 0.5) is 0 Å². The van der Waals surface area contributed by atoms with Gasteiger partial charge in [0, 0.05) is 25.2 Å². The molecule has 1 unspecified atom stereocenters. The molecule has 2 aromatic rings. The molecule has 126 valence electrons. The minimum atomic E-state index is 0.0555. The minimum Gasteiger partial charge on any atom is -0.497 e. The molecule has 1 atom stereocenters. The van der Waals surface area contributed by atoms with Crippen molar-refractivity contribution in [1.82, 2.24) is 10.2 Å². The largest absolute Gasteiger partial charge is 0.497 e. The fourth-order valence-corrected chi connectivity index (χ4v) is 3.14. The van der Waals surface area contributed by atoms with Gasteiger partial charge in [-0.15, -0.1) is 0 Å². The molecule has 4 heteroatoms. The first kappa shape index (κ1) is 16.5. The highest BCUT2D eigenvalue weighted by atomic mass is 16.5. The number of nitrogens with one attached hydrogen (secondary N) is 1. The number of hydrogen-bond donors (Lipinski definition) is 1. The number of aryl methyl sites for hydroxylation is 1. The zero-order chi connectivity index (χ0) is 16.9. The van der Waals surface area contributed by atoms with Gasteiger partial charge in [-0.1, -0.05) is 37.3 Å². The molecule has 1 saturated heterocycles. The molecule has 0 aromatic heterocycles. The van der Waals surface area contributed by atoms with E-state index in [4.69, 9.17) is 4.74 Å². The summed E-state index contributed by atoms with van der Waals surface area (Å²) in [6.07, 6.45) is 1.02. The number of nitrogens with zero attached hydrogens (tertiary/aromatic N) is 1. The molecule has 1 heterocycles. The van der Waals surface area contributed by atoms with E-state index in [1.807, 2.05) is 29.2 Å². The van der Waals surface area contributed by atoms with E-state index in [1.54, 1.807) is 7.11 Å². The van der Waals surface area contributed by atoms with Crippen LogP contribution in [0.15, 0.2) is 48.5 Å². The number of carbonyl (C=O) groups excluding carboxylic acids is 1. The second kappa shape index (κ2) is 7.49. The van der Waals surface area contributed by atoms with Gasteiger partial charge in [0.05, 0.1) is 13.2 Å². The molecule has 24 heavy (non-hydrogen) atoms. The number of methoxy groups -OCH3 is 1. The smallest absolute Gasteiger partial charge is 0.254 e. The van der Waals surface area contributed by atoms with E-state index in [0.29, 0.717) is 17.9 Å². The van der Waals surface area contributed by atoms with E-state index in [0.717, 1.165) is 19.5 Å². The first-order valence-electron chi connectivity index (χ1n) is 8.47. The van der Waals surface area contributed by atoms with Crippen LogP contribution in [0.25, 0.3) is 0 Å². The molecule has 4 nitrogen and oxygen atoms in total. The Morgan fingerprint density at radius 3 is 2.75 bits per heavy atom. The third-order valence-corrected chi connectivity index (χ3v) is 4.59. The van der Waals surface area contributed by atoms with Crippen molar-refractivity contribution in [3.63, 3.8) is 0 Å². The number of amides is 1. The first-order valence-corrected chi connectivity index (χ1v) is 8.47. The minimum absolute atomic E-state index is 0.0555. The topological polar surface area (TPSA) is 41.6 Å². The number of hydrogen-bond acceptors (Lipinski definition) is 3. The summed E-state index contributed by atoms with van der Waals surface area (Å²) in [5, 5.41) is 3.40. The summed E-state index contributed by atoms with van der Waals surface area (Å²) < 4.78 is 5.25. The Hall–Kier alpha value is -2.33. The van der Waals surface area contributed by atoms with E-state index >= 15 is 0 Å². The molecular formula is C20H24N2O2. The summed E-state index contributed by atoms with van der Waals surface area (Å²) in [7, 11) is 1.62. The zero-order valence-corrected chi connectivity index (χ0v) is 14.3. The van der Waals surface area contributed by atoms with Crippen molar-refractivity contribution in [3.05, 3.63) is 65.2 Å². The van der Waals surface area contributed by atoms with Crippen LogP contribution in [0.3, 0.4) is 0 Å². The van der Waals surface area contributed by atoms with Gasteiger partial charge in [0.2, 0.25) is 0 Å². The number of benzene rings is 2. The van der Waals surface area contributed by atoms with Crippen LogP contribution >= 0.6 is 0 Å². The van der Waals surface area contributed by atoms with Crippen molar-refractivity contribution >= 4 is 5.91 Å². The first-order chi connectivity index (χ1) is 11.7. The summed E-state index contributed by atoms with van der Waals surface area (Å²) in [5.41, 5.74) is 3.16. The van der Waals surface area contributed by atoms with Gasteiger partial charge >= 0.3 is 0 Å². The third kappa shape index (κ3) is 3.44. The molecular weight excluding hydrogens is 300 g/mol. The molecule has 1 amide bonds. The highest BCUT2D eigenvalue weighted by Crippen LogP contribution is 2.25. The van der Waals surface area contributed by atoms with E-state index < -0.39 is 0 Å². The third-order valence-electron chi connectivity index (χ3n) is 4.59. The highest BCUT2D eigenvalue weighted by Gasteiger charge is 2.28. The lowest BCUT2D eigenvalue weighted by Gasteiger charge is -2.36. The zero-order valence-electron chi connectivity index (χ0n) is 14.3. The standard InChI is InChI=1S/C20H24N2O2/c1-3-15-7-9-16(10-8-15)19-14-21-11-12-22(19)20(23)17-5-4-6-18(13-17)24-2/h4-10,13,19,21H,3,11-12,14H2,1-2H3. The van der Waals surface area contributed by atoms with Crippen molar-refractivity contribution in [2.45, 2.75) is 19.4 Å². The van der Waals surface area contributed by atoms with Crippen LogP contribution in [0.5, 0.6) is 5.75 Å². The van der Waals surface area contributed by atoms with Gasteiger partial charge in [0.25, 0.3) is 5.91 Å². The number of rotatable bonds is 4. The molecule has 0 aliphatic carbocycles. The molecule has 0 spiro atoms. The lowest BCUT2D eigenvalue weighted by atomic mass is 10.00. The maximum Gasteiger partial charge on any atom is 0.254 e. The molecule has 0 bridgehead atoms. The molecule has 1 fully saturated rings. The average molecular weight is 324 g/mol. The van der Waals surface area contributed by atoms with Crippen molar-refractivity contribution < 1.29 is 9.53 Å². The molecule has 0 radical (unpaired) electrons. The maximum absolute atomic E-state index is 13.0. The Morgan fingerprint density at radius 2 is 2.04 bits per heavy atom.